The van der Waals surface area contributed by atoms with Gasteiger partial charge in [0.25, 0.3) is 11.4 Å². The number of carbonyl (C=O) groups is 1. The molecule has 0 aliphatic carbocycles. The maximum Gasteiger partial charge on any atom is 0.573 e. The lowest BCUT2D eigenvalue weighted by Crippen LogP contribution is -2.23. The Balaban J connectivity index is 1.57. The summed E-state index contributed by atoms with van der Waals surface area (Å²) in [5, 5.41) is 7.95. The number of benzene rings is 2. The second-order valence-electron chi connectivity index (χ2n) is 7.02. The van der Waals surface area contributed by atoms with Crippen LogP contribution in [0.1, 0.15) is 15.9 Å². The number of aromatic nitrogens is 4. The van der Waals surface area contributed by atoms with Gasteiger partial charge in [-0.15, -0.1) is 13.2 Å². The van der Waals surface area contributed by atoms with E-state index in [0.717, 1.165) is 30.0 Å². The van der Waals surface area contributed by atoms with Crippen LogP contribution in [0.15, 0.2) is 63.9 Å². The molecule has 0 saturated heterocycles. The fourth-order valence-corrected chi connectivity index (χ4v) is 3.04. The highest BCUT2D eigenvalue weighted by molar-refractivity contribution is 5.89. The topological polar surface area (TPSA) is 109 Å². The van der Waals surface area contributed by atoms with Gasteiger partial charge in [0, 0.05) is 11.6 Å². The lowest BCUT2D eigenvalue weighted by molar-refractivity contribution is -0.274. The van der Waals surface area contributed by atoms with E-state index in [1.54, 1.807) is 0 Å². The Morgan fingerprint density at radius 3 is 2.51 bits per heavy atom. The standard InChI is InChI=1S/C22H14F4N4O5/c1-33-21(32)15-10-12(2-7-16(15)23)11-30-18(31)9-8-17(28-30)20-27-19(29-35-20)13-3-5-14(6-4-13)34-22(24,25)26/h2-10H,11H2,1H3. The van der Waals surface area contributed by atoms with Crippen molar-refractivity contribution in [2.24, 2.45) is 0 Å². The first-order valence-corrected chi connectivity index (χ1v) is 9.78. The van der Waals surface area contributed by atoms with E-state index in [0.29, 0.717) is 11.1 Å². The van der Waals surface area contributed by atoms with E-state index < -0.39 is 29.5 Å². The van der Waals surface area contributed by atoms with Crippen molar-refractivity contribution in [2.45, 2.75) is 12.9 Å². The summed E-state index contributed by atoms with van der Waals surface area (Å²) in [7, 11) is 1.12. The Hall–Kier alpha value is -4.55. The quantitative estimate of drug-likeness (QED) is 0.296. The summed E-state index contributed by atoms with van der Waals surface area (Å²) < 4.78 is 65.4. The number of alkyl halides is 3. The summed E-state index contributed by atoms with van der Waals surface area (Å²) in [6, 6.07) is 11.1. The zero-order valence-corrected chi connectivity index (χ0v) is 17.7. The van der Waals surface area contributed by atoms with Gasteiger partial charge in [-0.05, 0) is 48.0 Å². The van der Waals surface area contributed by atoms with E-state index in [9.17, 15) is 27.2 Å². The maximum atomic E-state index is 13.9. The van der Waals surface area contributed by atoms with Gasteiger partial charge in [0.1, 0.15) is 17.3 Å². The number of methoxy groups -OCH3 is 1. The van der Waals surface area contributed by atoms with Crippen molar-refractivity contribution in [3.63, 3.8) is 0 Å². The summed E-state index contributed by atoms with van der Waals surface area (Å²) in [6.07, 6.45) is -4.82. The van der Waals surface area contributed by atoms with Crippen LogP contribution >= 0.6 is 0 Å². The van der Waals surface area contributed by atoms with Gasteiger partial charge >= 0.3 is 12.3 Å². The Morgan fingerprint density at radius 2 is 1.83 bits per heavy atom. The molecule has 0 N–H and O–H groups in total. The molecule has 35 heavy (non-hydrogen) atoms. The van der Waals surface area contributed by atoms with Gasteiger partial charge in [-0.1, -0.05) is 11.2 Å². The average Bonchev–Trinajstić information content (AvgIpc) is 3.31. The lowest BCUT2D eigenvalue weighted by atomic mass is 10.1. The molecule has 0 unspecified atom stereocenters. The van der Waals surface area contributed by atoms with Crippen LogP contribution in [0.25, 0.3) is 23.0 Å². The smallest absolute Gasteiger partial charge is 0.465 e. The first-order chi connectivity index (χ1) is 16.6. The summed E-state index contributed by atoms with van der Waals surface area (Å²) in [6.45, 7) is -0.0986. The molecule has 0 aliphatic rings. The van der Waals surface area contributed by atoms with E-state index >= 15 is 0 Å². The van der Waals surface area contributed by atoms with Gasteiger partial charge in [0.15, 0.2) is 0 Å². The van der Waals surface area contributed by atoms with E-state index in [1.807, 2.05) is 0 Å². The lowest BCUT2D eigenvalue weighted by Gasteiger charge is -2.08. The predicted octanol–water partition coefficient (Wildman–Crippen LogP) is 3.83. The Morgan fingerprint density at radius 1 is 1.09 bits per heavy atom. The fourth-order valence-electron chi connectivity index (χ4n) is 3.04. The highest BCUT2D eigenvalue weighted by atomic mass is 19.4. The van der Waals surface area contributed by atoms with Crippen LogP contribution in [-0.4, -0.2) is 39.4 Å². The number of carbonyl (C=O) groups excluding carboxylic acids is 1. The monoisotopic (exact) mass is 490 g/mol. The molecule has 0 bridgehead atoms. The number of hydrogen-bond acceptors (Lipinski definition) is 8. The highest BCUT2D eigenvalue weighted by Crippen LogP contribution is 2.26. The van der Waals surface area contributed by atoms with E-state index in [-0.39, 0.29) is 29.5 Å². The maximum absolute atomic E-state index is 13.9. The summed E-state index contributed by atoms with van der Waals surface area (Å²) >= 11 is 0. The first kappa shape index (κ1) is 23.6. The summed E-state index contributed by atoms with van der Waals surface area (Å²) in [5.41, 5.74) is 0.117. The number of rotatable bonds is 6. The summed E-state index contributed by atoms with van der Waals surface area (Å²) in [4.78, 5) is 28.2. The van der Waals surface area contributed by atoms with Gasteiger partial charge in [0.05, 0.1) is 19.2 Å². The van der Waals surface area contributed by atoms with Gasteiger partial charge in [-0.3, -0.25) is 4.79 Å². The van der Waals surface area contributed by atoms with E-state index in [1.165, 1.54) is 36.4 Å². The van der Waals surface area contributed by atoms with Crippen molar-refractivity contribution in [1.82, 2.24) is 19.9 Å². The molecule has 9 nitrogen and oxygen atoms in total. The normalized spacial score (nSPS) is 11.3. The number of halogens is 4. The second kappa shape index (κ2) is 9.37. The van der Waals surface area contributed by atoms with Gasteiger partial charge < -0.3 is 14.0 Å². The molecule has 0 fully saturated rings. The zero-order chi connectivity index (χ0) is 25.2. The summed E-state index contributed by atoms with van der Waals surface area (Å²) in [5.74, 6) is -2.03. The number of nitrogens with zero attached hydrogens (tertiary/aromatic N) is 4. The Bertz CT molecular complexity index is 1430. The molecule has 4 aromatic rings. The van der Waals surface area contributed by atoms with Crippen LogP contribution in [0.2, 0.25) is 0 Å². The van der Waals surface area contributed by atoms with E-state index in [2.05, 4.69) is 24.7 Å². The van der Waals surface area contributed by atoms with Crippen LogP contribution < -0.4 is 10.3 Å². The van der Waals surface area contributed by atoms with Crippen molar-refractivity contribution in [3.8, 4) is 28.7 Å². The van der Waals surface area contributed by atoms with Gasteiger partial charge in [-0.25, -0.2) is 13.9 Å². The molecule has 4 rings (SSSR count). The molecule has 0 amide bonds. The molecule has 2 aromatic heterocycles. The SMILES string of the molecule is COC(=O)c1cc(Cn2nc(-c3nc(-c4ccc(OC(F)(F)F)cc4)no3)ccc2=O)ccc1F. The Kier molecular flexibility index (Phi) is 6.32. The Labute approximate surface area is 193 Å². The number of hydrogen-bond donors (Lipinski definition) is 0. The van der Waals surface area contributed by atoms with Crippen molar-refractivity contribution in [3.05, 3.63) is 81.9 Å². The number of ether oxygens (including phenoxy) is 2. The minimum atomic E-state index is -4.82. The minimum absolute atomic E-state index is 0.0567. The molecule has 0 radical (unpaired) electrons. The molecular weight excluding hydrogens is 476 g/mol. The van der Waals surface area contributed by atoms with Crippen LogP contribution in [0.4, 0.5) is 17.6 Å². The molecule has 2 aromatic carbocycles. The highest BCUT2D eigenvalue weighted by Gasteiger charge is 2.31. The minimum Gasteiger partial charge on any atom is -0.465 e. The molecule has 2 heterocycles. The van der Waals surface area contributed by atoms with Crippen molar-refractivity contribution in [2.75, 3.05) is 7.11 Å². The van der Waals surface area contributed by atoms with Gasteiger partial charge in [-0.2, -0.15) is 10.1 Å². The number of esters is 1. The largest absolute Gasteiger partial charge is 0.573 e. The molecule has 0 saturated carbocycles. The second-order valence-corrected chi connectivity index (χ2v) is 7.02. The van der Waals surface area contributed by atoms with Crippen LogP contribution in [0.5, 0.6) is 5.75 Å². The molecule has 180 valence electrons. The molecule has 0 atom stereocenters. The molecule has 13 heteroatoms. The van der Waals surface area contributed by atoms with Crippen molar-refractivity contribution < 1.29 is 36.4 Å². The third-order valence-electron chi connectivity index (χ3n) is 4.63. The van der Waals surface area contributed by atoms with Crippen LogP contribution in [0.3, 0.4) is 0 Å². The van der Waals surface area contributed by atoms with E-state index in [4.69, 9.17) is 4.52 Å². The van der Waals surface area contributed by atoms with Crippen LogP contribution in [0, 0.1) is 5.82 Å². The van der Waals surface area contributed by atoms with Crippen molar-refractivity contribution >= 4 is 5.97 Å². The van der Waals surface area contributed by atoms with Crippen molar-refractivity contribution in [1.29, 1.82) is 0 Å². The zero-order valence-electron chi connectivity index (χ0n) is 17.7. The van der Waals surface area contributed by atoms with Gasteiger partial charge in [0.2, 0.25) is 5.82 Å². The molecule has 0 spiro atoms. The third kappa shape index (κ3) is 5.51. The van der Waals surface area contributed by atoms with Crippen LogP contribution in [-0.2, 0) is 11.3 Å². The molecular formula is C22H14F4N4O5. The third-order valence-corrected chi connectivity index (χ3v) is 4.63. The fraction of sp³-hybridized carbons (Fsp3) is 0.136. The molecule has 0 aliphatic heterocycles. The predicted molar refractivity (Wildman–Crippen MR) is 111 cm³/mol. The first-order valence-electron chi connectivity index (χ1n) is 9.78. The average molecular weight is 490 g/mol.